The second-order valence-electron chi connectivity index (χ2n) is 5.09. The highest BCUT2D eigenvalue weighted by Crippen LogP contribution is 2.20. The number of likely N-dealkylation sites (tertiary alicyclic amines) is 1. The number of carbonyl (C=O) groups is 1. The van der Waals surface area contributed by atoms with E-state index in [0.29, 0.717) is 17.9 Å². The van der Waals surface area contributed by atoms with Gasteiger partial charge in [-0.05, 0) is 25.2 Å². The first kappa shape index (κ1) is 15.5. The van der Waals surface area contributed by atoms with Crippen molar-refractivity contribution in [2.75, 3.05) is 6.54 Å². The summed E-state index contributed by atoms with van der Waals surface area (Å²) in [6.07, 6.45) is 5.34. The summed E-state index contributed by atoms with van der Waals surface area (Å²) in [6.45, 7) is 11.9. The first-order valence-corrected chi connectivity index (χ1v) is 6.86. The molecule has 1 fully saturated rings. The summed E-state index contributed by atoms with van der Waals surface area (Å²) in [4.78, 5) is 13.6. The fourth-order valence-electron chi connectivity index (χ4n) is 2.11. The summed E-state index contributed by atoms with van der Waals surface area (Å²) in [7, 11) is 0. The molecular formula is C14H29NO. The van der Waals surface area contributed by atoms with Crippen LogP contribution in [0.5, 0.6) is 0 Å². The summed E-state index contributed by atoms with van der Waals surface area (Å²) in [5.41, 5.74) is 0. The highest BCUT2D eigenvalue weighted by molar-refractivity contribution is 5.78. The quantitative estimate of drug-likeness (QED) is 0.714. The molecule has 1 saturated heterocycles. The molecule has 0 aromatic carbocycles. The van der Waals surface area contributed by atoms with E-state index in [1.807, 2.05) is 0 Å². The van der Waals surface area contributed by atoms with E-state index in [1.54, 1.807) is 0 Å². The topological polar surface area (TPSA) is 20.3 Å². The lowest BCUT2D eigenvalue weighted by Gasteiger charge is -2.28. The standard InChI is InChI=1S/C11H21NO.C3H8/c1-4-10(8-9(2)3)12-7-5-6-11(12)13;1-3-2/h9-10H,4-8H2,1-3H3;3H2,1-2H3. The van der Waals surface area contributed by atoms with Crippen LogP contribution in [0.15, 0.2) is 0 Å². The molecule has 1 aliphatic rings. The lowest BCUT2D eigenvalue weighted by atomic mass is 10.0. The Balaban J connectivity index is 0.000000673. The van der Waals surface area contributed by atoms with E-state index < -0.39 is 0 Å². The van der Waals surface area contributed by atoms with Gasteiger partial charge in [0.25, 0.3) is 0 Å². The van der Waals surface area contributed by atoms with Gasteiger partial charge in [0.2, 0.25) is 5.91 Å². The van der Waals surface area contributed by atoms with Crippen molar-refractivity contribution in [3.05, 3.63) is 0 Å². The van der Waals surface area contributed by atoms with Crippen LogP contribution in [0.1, 0.15) is 66.7 Å². The van der Waals surface area contributed by atoms with Gasteiger partial charge in [0.1, 0.15) is 0 Å². The summed E-state index contributed by atoms with van der Waals surface area (Å²) >= 11 is 0. The van der Waals surface area contributed by atoms with Crippen molar-refractivity contribution in [1.29, 1.82) is 0 Å². The summed E-state index contributed by atoms with van der Waals surface area (Å²) in [5.74, 6) is 1.06. The van der Waals surface area contributed by atoms with Crippen molar-refractivity contribution in [2.24, 2.45) is 5.92 Å². The highest BCUT2D eigenvalue weighted by Gasteiger charge is 2.26. The molecule has 2 nitrogen and oxygen atoms in total. The molecule has 0 aromatic heterocycles. The van der Waals surface area contributed by atoms with Gasteiger partial charge in [0.15, 0.2) is 0 Å². The van der Waals surface area contributed by atoms with Gasteiger partial charge >= 0.3 is 0 Å². The van der Waals surface area contributed by atoms with Crippen molar-refractivity contribution in [1.82, 2.24) is 4.90 Å². The van der Waals surface area contributed by atoms with Crippen molar-refractivity contribution < 1.29 is 4.79 Å². The van der Waals surface area contributed by atoms with E-state index in [4.69, 9.17) is 0 Å². The average Bonchev–Trinajstić information content (AvgIpc) is 2.62. The first-order chi connectivity index (χ1) is 7.56. The third kappa shape index (κ3) is 5.53. The largest absolute Gasteiger partial charge is 0.340 e. The molecule has 1 atom stereocenters. The second-order valence-corrected chi connectivity index (χ2v) is 5.09. The molecule has 1 heterocycles. The maximum Gasteiger partial charge on any atom is 0.222 e. The van der Waals surface area contributed by atoms with Gasteiger partial charge in [-0.2, -0.15) is 0 Å². The molecule has 0 aliphatic carbocycles. The van der Waals surface area contributed by atoms with Crippen molar-refractivity contribution in [2.45, 2.75) is 72.8 Å². The number of hydrogen-bond acceptors (Lipinski definition) is 1. The minimum absolute atomic E-state index is 0.368. The predicted octanol–water partition coefficient (Wildman–Crippen LogP) is 3.85. The summed E-state index contributed by atoms with van der Waals surface area (Å²) in [6, 6.07) is 0.495. The Hall–Kier alpha value is -0.530. The van der Waals surface area contributed by atoms with Gasteiger partial charge in [0, 0.05) is 19.0 Å². The molecule has 1 aliphatic heterocycles. The van der Waals surface area contributed by atoms with E-state index in [0.717, 1.165) is 32.2 Å². The van der Waals surface area contributed by atoms with Crippen LogP contribution < -0.4 is 0 Å². The van der Waals surface area contributed by atoms with E-state index in [2.05, 4.69) is 39.5 Å². The lowest BCUT2D eigenvalue weighted by molar-refractivity contribution is -0.130. The zero-order valence-corrected chi connectivity index (χ0v) is 11.8. The molecule has 1 amide bonds. The lowest BCUT2D eigenvalue weighted by Crippen LogP contribution is -2.36. The van der Waals surface area contributed by atoms with Gasteiger partial charge in [-0.25, -0.2) is 0 Å². The Bertz CT molecular complexity index is 189. The van der Waals surface area contributed by atoms with Crippen LogP contribution in [0.25, 0.3) is 0 Å². The van der Waals surface area contributed by atoms with E-state index >= 15 is 0 Å². The molecule has 0 radical (unpaired) electrons. The van der Waals surface area contributed by atoms with E-state index in [9.17, 15) is 4.79 Å². The van der Waals surface area contributed by atoms with Crippen LogP contribution in [-0.2, 0) is 4.79 Å². The fourth-order valence-corrected chi connectivity index (χ4v) is 2.11. The molecule has 1 unspecified atom stereocenters. The SMILES string of the molecule is CCC.CCC(CC(C)C)N1CCCC1=O. The highest BCUT2D eigenvalue weighted by atomic mass is 16.2. The van der Waals surface area contributed by atoms with Crippen LogP contribution in [0.3, 0.4) is 0 Å². The number of nitrogens with zero attached hydrogens (tertiary/aromatic N) is 1. The Morgan fingerprint density at radius 2 is 1.81 bits per heavy atom. The average molecular weight is 227 g/mol. The van der Waals surface area contributed by atoms with E-state index in [1.165, 1.54) is 6.42 Å². The molecule has 0 N–H and O–H groups in total. The minimum Gasteiger partial charge on any atom is -0.340 e. The summed E-state index contributed by atoms with van der Waals surface area (Å²) < 4.78 is 0. The Morgan fingerprint density at radius 1 is 1.25 bits per heavy atom. The molecule has 0 aromatic rings. The molecule has 0 spiro atoms. The van der Waals surface area contributed by atoms with Crippen LogP contribution >= 0.6 is 0 Å². The predicted molar refractivity (Wildman–Crippen MR) is 70.4 cm³/mol. The summed E-state index contributed by atoms with van der Waals surface area (Å²) in [5, 5.41) is 0. The zero-order valence-electron chi connectivity index (χ0n) is 11.8. The molecule has 2 heteroatoms. The Labute approximate surface area is 101 Å². The first-order valence-electron chi connectivity index (χ1n) is 6.86. The number of rotatable bonds is 4. The van der Waals surface area contributed by atoms with Crippen LogP contribution in [-0.4, -0.2) is 23.4 Å². The molecule has 16 heavy (non-hydrogen) atoms. The molecule has 1 rings (SSSR count). The molecule has 96 valence electrons. The van der Waals surface area contributed by atoms with E-state index in [-0.39, 0.29) is 0 Å². The van der Waals surface area contributed by atoms with Crippen LogP contribution in [0.4, 0.5) is 0 Å². The number of hydrogen-bond donors (Lipinski definition) is 0. The van der Waals surface area contributed by atoms with Crippen molar-refractivity contribution in [3.63, 3.8) is 0 Å². The molecule has 0 bridgehead atoms. The van der Waals surface area contributed by atoms with Crippen molar-refractivity contribution >= 4 is 5.91 Å². The van der Waals surface area contributed by atoms with Gasteiger partial charge in [0.05, 0.1) is 0 Å². The Kier molecular flexibility index (Phi) is 8.32. The number of amides is 1. The van der Waals surface area contributed by atoms with Gasteiger partial charge in [-0.3, -0.25) is 4.79 Å². The second kappa shape index (κ2) is 8.60. The van der Waals surface area contributed by atoms with Crippen LogP contribution in [0.2, 0.25) is 0 Å². The molecule has 0 saturated carbocycles. The maximum absolute atomic E-state index is 11.5. The third-order valence-corrected chi connectivity index (χ3v) is 2.77. The zero-order chi connectivity index (χ0) is 12.6. The normalized spacial score (nSPS) is 17.4. The maximum atomic E-state index is 11.5. The van der Waals surface area contributed by atoms with Gasteiger partial charge in [-0.1, -0.05) is 41.0 Å². The smallest absolute Gasteiger partial charge is 0.222 e. The van der Waals surface area contributed by atoms with Gasteiger partial charge < -0.3 is 4.90 Å². The minimum atomic E-state index is 0.368. The monoisotopic (exact) mass is 227 g/mol. The van der Waals surface area contributed by atoms with Gasteiger partial charge in [-0.15, -0.1) is 0 Å². The third-order valence-electron chi connectivity index (χ3n) is 2.77. The Morgan fingerprint density at radius 3 is 2.12 bits per heavy atom. The fraction of sp³-hybridized carbons (Fsp3) is 0.929. The van der Waals surface area contributed by atoms with Crippen LogP contribution in [0, 0.1) is 5.92 Å². The van der Waals surface area contributed by atoms with Crippen molar-refractivity contribution in [3.8, 4) is 0 Å². The molecular weight excluding hydrogens is 198 g/mol. The number of carbonyl (C=O) groups excluding carboxylic acids is 1.